The van der Waals surface area contributed by atoms with Gasteiger partial charge in [-0.25, -0.2) is 17.6 Å². The molecule has 2 aromatic rings. The summed E-state index contributed by atoms with van der Waals surface area (Å²) in [5.41, 5.74) is 5.82. The molecule has 94 valence electrons. The van der Waals surface area contributed by atoms with Crippen molar-refractivity contribution in [2.45, 2.75) is 6.54 Å². The maximum Gasteiger partial charge on any atom is 0.194 e. The van der Waals surface area contributed by atoms with E-state index >= 15 is 0 Å². The van der Waals surface area contributed by atoms with Crippen LogP contribution >= 0.6 is 0 Å². The van der Waals surface area contributed by atoms with Gasteiger partial charge >= 0.3 is 0 Å². The first-order valence-corrected chi connectivity index (χ1v) is 5.16. The third-order valence-corrected chi connectivity index (χ3v) is 2.56. The van der Waals surface area contributed by atoms with Gasteiger partial charge in [0.1, 0.15) is 5.82 Å². The molecule has 1 nitrogen and oxygen atoms in total. The molecule has 18 heavy (non-hydrogen) atoms. The van der Waals surface area contributed by atoms with E-state index in [-0.39, 0.29) is 17.7 Å². The van der Waals surface area contributed by atoms with Gasteiger partial charge in [0.15, 0.2) is 17.5 Å². The highest BCUT2D eigenvalue weighted by Gasteiger charge is 2.14. The third kappa shape index (κ3) is 2.22. The second kappa shape index (κ2) is 4.78. The Morgan fingerprint density at radius 2 is 1.44 bits per heavy atom. The highest BCUT2D eigenvalue weighted by atomic mass is 19.2. The number of hydrogen-bond acceptors (Lipinski definition) is 1. The Hall–Kier alpha value is -1.88. The van der Waals surface area contributed by atoms with E-state index in [1.165, 1.54) is 18.2 Å². The molecule has 2 N–H and O–H groups in total. The molecule has 0 unspecified atom stereocenters. The fraction of sp³-hybridized carbons (Fsp3) is 0.0769. The fourth-order valence-corrected chi connectivity index (χ4v) is 1.63. The van der Waals surface area contributed by atoms with Gasteiger partial charge in [0.25, 0.3) is 0 Å². The summed E-state index contributed by atoms with van der Waals surface area (Å²) in [7, 11) is 0. The lowest BCUT2D eigenvalue weighted by Crippen LogP contribution is -1.98. The summed E-state index contributed by atoms with van der Waals surface area (Å²) >= 11 is 0. The van der Waals surface area contributed by atoms with E-state index in [0.717, 1.165) is 12.1 Å². The van der Waals surface area contributed by atoms with Crippen molar-refractivity contribution in [3.8, 4) is 11.1 Å². The first kappa shape index (κ1) is 12.6. The van der Waals surface area contributed by atoms with Crippen molar-refractivity contribution in [3.63, 3.8) is 0 Å². The molecule has 5 heteroatoms. The minimum absolute atomic E-state index is 0.00926. The molecule has 0 amide bonds. The molecular weight excluding hydrogens is 246 g/mol. The molecule has 0 heterocycles. The highest BCUT2D eigenvalue weighted by molar-refractivity contribution is 5.64. The van der Waals surface area contributed by atoms with Crippen LogP contribution in [0.2, 0.25) is 0 Å². The lowest BCUT2D eigenvalue weighted by atomic mass is 10.0. The largest absolute Gasteiger partial charge is 0.326 e. The van der Waals surface area contributed by atoms with Crippen LogP contribution in [0.15, 0.2) is 30.3 Å². The van der Waals surface area contributed by atoms with Crippen molar-refractivity contribution in [2.24, 2.45) is 5.73 Å². The zero-order chi connectivity index (χ0) is 13.3. The topological polar surface area (TPSA) is 26.0 Å². The zero-order valence-electron chi connectivity index (χ0n) is 9.18. The molecule has 0 radical (unpaired) electrons. The van der Waals surface area contributed by atoms with E-state index in [2.05, 4.69) is 0 Å². The van der Waals surface area contributed by atoms with Gasteiger partial charge in [0.05, 0.1) is 0 Å². The van der Waals surface area contributed by atoms with Gasteiger partial charge in [-0.3, -0.25) is 0 Å². The molecule has 0 bridgehead atoms. The highest BCUT2D eigenvalue weighted by Crippen LogP contribution is 2.26. The van der Waals surface area contributed by atoms with Gasteiger partial charge < -0.3 is 5.73 Å². The summed E-state index contributed by atoms with van der Waals surface area (Å²) in [6.45, 7) is 0.156. The van der Waals surface area contributed by atoms with Crippen molar-refractivity contribution >= 4 is 0 Å². The van der Waals surface area contributed by atoms with Gasteiger partial charge in [-0.05, 0) is 29.3 Å². The van der Waals surface area contributed by atoms with Gasteiger partial charge in [0, 0.05) is 12.1 Å². The van der Waals surface area contributed by atoms with Crippen LogP contribution < -0.4 is 5.73 Å². The van der Waals surface area contributed by atoms with E-state index in [0.29, 0.717) is 5.56 Å². The lowest BCUT2D eigenvalue weighted by Gasteiger charge is -2.06. The minimum Gasteiger partial charge on any atom is -0.326 e. The molecule has 2 aromatic carbocycles. The lowest BCUT2D eigenvalue weighted by molar-refractivity contribution is 0.447. The summed E-state index contributed by atoms with van der Waals surface area (Å²) in [6.07, 6.45) is 0. The minimum atomic E-state index is -1.57. The standard InChI is InChI=1S/C13H9F4N/c14-10-3-7(6-18)1-2-9(10)8-4-11(15)13(17)12(16)5-8/h1-5H,6,18H2. The summed E-state index contributed by atoms with van der Waals surface area (Å²) in [5.74, 6) is -4.94. The monoisotopic (exact) mass is 255 g/mol. The normalized spacial score (nSPS) is 10.7. The van der Waals surface area contributed by atoms with Crippen LogP contribution in [0, 0.1) is 23.3 Å². The maximum atomic E-state index is 13.7. The van der Waals surface area contributed by atoms with E-state index in [1.807, 2.05) is 0 Å². The smallest absolute Gasteiger partial charge is 0.194 e. The average molecular weight is 255 g/mol. The van der Waals surface area contributed by atoms with Crippen LogP contribution in [-0.2, 0) is 6.54 Å². The number of rotatable bonds is 2. The van der Waals surface area contributed by atoms with Crippen molar-refractivity contribution < 1.29 is 17.6 Å². The number of nitrogens with two attached hydrogens (primary N) is 1. The molecule has 2 rings (SSSR count). The van der Waals surface area contributed by atoms with Gasteiger partial charge in [-0.1, -0.05) is 12.1 Å². The van der Waals surface area contributed by atoms with E-state index in [4.69, 9.17) is 5.73 Å². The van der Waals surface area contributed by atoms with Crippen LogP contribution in [0.1, 0.15) is 5.56 Å². The third-order valence-electron chi connectivity index (χ3n) is 2.56. The van der Waals surface area contributed by atoms with E-state index < -0.39 is 23.3 Å². The van der Waals surface area contributed by atoms with E-state index in [1.54, 1.807) is 0 Å². The summed E-state index contributed by atoms with van der Waals surface area (Å²) in [5, 5.41) is 0. The predicted octanol–water partition coefficient (Wildman–Crippen LogP) is 3.37. The predicted molar refractivity (Wildman–Crippen MR) is 59.6 cm³/mol. The first-order valence-electron chi connectivity index (χ1n) is 5.16. The van der Waals surface area contributed by atoms with Gasteiger partial charge in [-0.2, -0.15) is 0 Å². The SMILES string of the molecule is NCc1ccc(-c2cc(F)c(F)c(F)c2)c(F)c1. The van der Waals surface area contributed by atoms with Crippen LogP contribution in [-0.4, -0.2) is 0 Å². The van der Waals surface area contributed by atoms with Crippen molar-refractivity contribution in [1.82, 2.24) is 0 Å². The average Bonchev–Trinajstić information content (AvgIpc) is 2.35. The Morgan fingerprint density at radius 3 is 1.94 bits per heavy atom. The van der Waals surface area contributed by atoms with Gasteiger partial charge in [-0.15, -0.1) is 0 Å². The number of halogens is 4. The van der Waals surface area contributed by atoms with Crippen molar-refractivity contribution in [2.75, 3.05) is 0 Å². The summed E-state index contributed by atoms with van der Waals surface area (Å²) in [6, 6.07) is 5.56. The maximum absolute atomic E-state index is 13.7. The van der Waals surface area contributed by atoms with Crippen LogP contribution in [0.4, 0.5) is 17.6 Å². The second-order valence-electron chi connectivity index (χ2n) is 3.77. The van der Waals surface area contributed by atoms with E-state index in [9.17, 15) is 17.6 Å². The Labute approximate surface area is 101 Å². The Kier molecular flexibility index (Phi) is 3.34. The number of benzene rings is 2. The summed E-state index contributed by atoms with van der Waals surface area (Å²) in [4.78, 5) is 0. The Balaban J connectivity index is 2.55. The first-order chi connectivity index (χ1) is 8.52. The molecule has 0 atom stereocenters. The molecule has 0 aromatic heterocycles. The molecule has 0 saturated heterocycles. The molecule has 0 saturated carbocycles. The van der Waals surface area contributed by atoms with Crippen molar-refractivity contribution in [3.05, 3.63) is 59.2 Å². The molecule has 0 spiro atoms. The molecule has 0 fully saturated rings. The molecule has 0 aliphatic heterocycles. The summed E-state index contributed by atoms with van der Waals surface area (Å²) < 4.78 is 52.6. The number of hydrogen-bond donors (Lipinski definition) is 1. The Bertz CT molecular complexity index is 573. The van der Waals surface area contributed by atoms with Gasteiger partial charge in [0.2, 0.25) is 0 Å². The van der Waals surface area contributed by atoms with Crippen LogP contribution in [0.25, 0.3) is 11.1 Å². The quantitative estimate of drug-likeness (QED) is 0.646. The molecular formula is C13H9F4N. The molecule has 0 aliphatic rings. The van der Waals surface area contributed by atoms with Crippen LogP contribution in [0.3, 0.4) is 0 Å². The fourth-order valence-electron chi connectivity index (χ4n) is 1.63. The van der Waals surface area contributed by atoms with Crippen molar-refractivity contribution in [1.29, 1.82) is 0 Å². The second-order valence-corrected chi connectivity index (χ2v) is 3.77. The van der Waals surface area contributed by atoms with Crippen LogP contribution in [0.5, 0.6) is 0 Å². The Morgan fingerprint density at radius 1 is 0.833 bits per heavy atom. The molecule has 0 aliphatic carbocycles. The zero-order valence-corrected chi connectivity index (χ0v) is 9.18.